The maximum absolute atomic E-state index is 12.6. The van der Waals surface area contributed by atoms with Gasteiger partial charge in [0.15, 0.2) is 6.54 Å². The number of halogens is 5. The van der Waals surface area contributed by atoms with Crippen molar-refractivity contribution in [3.05, 3.63) is 116 Å². The highest BCUT2D eigenvalue weighted by atomic mass is 35.5. The Kier molecular flexibility index (Phi) is 10.7. The number of hydrogen-bond acceptors (Lipinski definition) is 2. The van der Waals surface area contributed by atoms with Gasteiger partial charge in [0.1, 0.15) is 25.0 Å². The molecule has 5 nitrogen and oxygen atoms in total. The number of rotatable bonds is 9. The van der Waals surface area contributed by atoms with Gasteiger partial charge in [-0.2, -0.15) is 0 Å². The second-order valence-corrected chi connectivity index (χ2v) is 10.0. The predicted molar refractivity (Wildman–Crippen MR) is 145 cm³/mol. The highest BCUT2D eigenvalue weighted by molar-refractivity contribution is 6.35. The molecule has 0 aliphatic heterocycles. The van der Waals surface area contributed by atoms with Gasteiger partial charge in [0.2, 0.25) is 6.33 Å². The average molecular weight is 600 g/mol. The number of ether oxygens (including phenoxy) is 1. The fourth-order valence-electron chi connectivity index (χ4n) is 3.73. The fourth-order valence-corrected chi connectivity index (χ4v) is 4.73. The Morgan fingerprint density at radius 3 is 2.41 bits per heavy atom. The lowest BCUT2D eigenvalue weighted by atomic mass is 10.1. The lowest BCUT2D eigenvalue weighted by molar-refractivity contribution is -0.683. The number of amides is 1. The van der Waals surface area contributed by atoms with Gasteiger partial charge in [-0.25, -0.2) is 9.13 Å². The molecule has 0 aliphatic rings. The van der Waals surface area contributed by atoms with E-state index in [1.54, 1.807) is 24.3 Å². The molecule has 0 radical (unpaired) electrons. The minimum Gasteiger partial charge on any atom is -1.00 e. The average Bonchev–Trinajstić information content (AvgIpc) is 3.26. The number of aryl methyl sites for hydroxylation is 1. The third kappa shape index (κ3) is 8.11. The normalized spacial score (nSPS) is 11.6. The first-order valence-corrected chi connectivity index (χ1v) is 12.7. The molecule has 1 atom stereocenters. The van der Waals surface area contributed by atoms with Gasteiger partial charge in [-0.15, -0.1) is 0 Å². The number of nitrogens with one attached hydrogen (secondary N) is 1. The highest BCUT2D eigenvalue weighted by Crippen LogP contribution is 2.31. The van der Waals surface area contributed by atoms with Crippen LogP contribution in [0.3, 0.4) is 0 Å². The van der Waals surface area contributed by atoms with E-state index in [0.29, 0.717) is 26.6 Å². The molecule has 10 heteroatoms. The van der Waals surface area contributed by atoms with Crippen molar-refractivity contribution in [3.63, 3.8) is 0 Å². The molecule has 0 aliphatic carbocycles. The number of imidazole rings is 1. The molecule has 1 heterocycles. The van der Waals surface area contributed by atoms with Crippen molar-refractivity contribution in [1.29, 1.82) is 0 Å². The Hall–Kier alpha value is -2.25. The van der Waals surface area contributed by atoms with Crippen molar-refractivity contribution >= 4 is 58.0 Å². The first kappa shape index (κ1) is 29.3. The number of hydrogen-bond donors (Lipinski definition) is 1. The zero-order chi connectivity index (χ0) is 25.7. The third-order valence-corrected chi connectivity index (χ3v) is 6.78. The largest absolute Gasteiger partial charge is 1.00 e. The SMILES string of the molecule is Cc1ccccc1NC(=O)C[n+]1ccn(CC(OCc2ccc(Cl)cc2Cl)c2ccc(Cl)cc2Cl)c1.[Cl-]. The van der Waals surface area contributed by atoms with Crippen LogP contribution in [0.2, 0.25) is 20.1 Å². The molecule has 3 aromatic carbocycles. The number of aromatic nitrogens is 2. The van der Waals surface area contributed by atoms with Gasteiger partial charge in [-0.05, 0) is 48.4 Å². The summed E-state index contributed by atoms with van der Waals surface area (Å²) in [5.41, 5.74) is 3.42. The van der Waals surface area contributed by atoms with Gasteiger partial charge in [0, 0.05) is 31.3 Å². The quantitative estimate of drug-likeness (QED) is 0.292. The van der Waals surface area contributed by atoms with Crippen molar-refractivity contribution in [3.8, 4) is 0 Å². The number of carbonyl (C=O) groups excluding carboxylic acids is 1. The zero-order valence-corrected chi connectivity index (χ0v) is 23.6. The molecule has 4 aromatic rings. The van der Waals surface area contributed by atoms with Gasteiger partial charge in [-0.3, -0.25) is 4.79 Å². The van der Waals surface area contributed by atoms with Gasteiger partial charge < -0.3 is 22.5 Å². The summed E-state index contributed by atoms with van der Waals surface area (Å²) < 4.78 is 10.0. The molecule has 37 heavy (non-hydrogen) atoms. The third-order valence-electron chi connectivity index (χ3n) is 5.63. The molecule has 1 unspecified atom stereocenters. The van der Waals surface area contributed by atoms with Crippen LogP contribution in [-0.4, -0.2) is 10.5 Å². The van der Waals surface area contributed by atoms with E-state index in [1.807, 2.05) is 71.2 Å². The second-order valence-electron chi connectivity index (χ2n) is 8.35. The maximum Gasteiger partial charge on any atom is 0.266 e. The topological polar surface area (TPSA) is 47.1 Å². The van der Waals surface area contributed by atoms with Crippen LogP contribution in [0.4, 0.5) is 5.69 Å². The summed E-state index contributed by atoms with van der Waals surface area (Å²) in [6, 6.07) is 18.3. The van der Waals surface area contributed by atoms with Crippen LogP contribution >= 0.6 is 46.4 Å². The summed E-state index contributed by atoms with van der Waals surface area (Å²) in [5, 5.41) is 5.09. The molecule has 0 saturated carbocycles. The Bertz CT molecular complexity index is 1380. The van der Waals surface area contributed by atoms with Crippen LogP contribution in [0.25, 0.3) is 0 Å². The van der Waals surface area contributed by atoms with Crippen LogP contribution in [0.5, 0.6) is 0 Å². The van der Waals surface area contributed by atoms with Gasteiger partial charge >= 0.3 is 0 Å². The Labute approximate surface area is 242 Å². The van der Waals surface area contributed by atoms with E-state index in [4.69, 9.17) is 51.1 Å². The van der Waals surface area contributed by atoms with E-state index in [1.165, 1.54) is 0 Å². The van der Waals surface area contributed by atoms with Crippen LogP contribution in [-0.2, 0) is 29.2 Å². The fraction of sp³-hybridized carbons (Fsp3) is 0.185. The van der Waals surface area contributed by atoms with Gasteiger partial charge in [0.25, 0.3) is 5.91 Å². The number of anilines is 1. The summed E-state index contributed by atoms with van der Waals surface area (Å²) in [6.07, 6.45) is 5.18. The van der Waals surface area contributed by atoms with Crippen LogP contribution in [0, 0.1) is 6.92 Å². The smallest absolute Gasteiger partial charge is 0.266 e. The van der Waals surface area contributed by atoms with Crippen molar-refractivity contribution < 1.29 is 26.5 Å². The molecule has 1 amide bonds. The van der Waals surface area contributed by atoms with E-state index < -0.39 is 6.10 Å². The monoisotopic (exact) mass is 597 g/mol. The minimum absolute atomic E-state index is 0. The summed E-state index contributed by atoms with van der Waals surface area (Å²) in [6.45, 7) is 2.85. The lowest BCUT2D eigenvalue weighted by Crippen LogP contribution is -3.00. The number of benzene rings is 3. The lowest BCUT2D eigenvalue weighted by Gasteiger charge is -2.19. The summed E-state index contributed by atoms with van der Waals surface area (Å²) in [5.74, 6) is -0.113. The van der Waals surface area contributed by atoms with E-state index in [-0.39, 0.29) is 31.5 Å². The van der Waals surface area contributed by atoms with Crippen LogP contribution < -0.4 is 22.3 Å². The first-order chi connectivity index (χ1) is 17.3. The summed E-state index contributed by atoms with van der Waals surface area (Å²) in [7, 11) is 0. The standard InChI is InChI=1S/C27H23Cl4N3O2.ClH/c1-18-4-2-3-5-25(18)32-27(35)15-34-11-10-33(17-34)14-26(22-9-8-21(29)13-24(22)31)36-16-19-6-7-20(28)12-23(19)30;/h2-13,17,26H,14-16H2,1H3;1H. The van der Waals surface area contributed by atoms with Crippen molar-refractivity contribution in [1.82, 2.24) is 4.57 Å². The Balaban J connectivity index is 0.00000380. The van der Waals surface area contributed by atoms with Crippen molar-refractivity contribution in [2.24, 2.45) is 0 Å². The zero-order valence-electron chi connectivity index (χ0n) is 19.8. The second kappa shape index (κ2) is 13.5. The molecule has 0 bridgehead atoms. The Morgan fingerprint density at radius 2 is 1.70 bits per heavy atom. The molecular formula is C27H24Cl5N3O2. The highest BCUT2D eigenvalue weighted by Gasteiger charge is 2.21. The van der Waals surface area contributed by atoms with E-state index in [9.17, 15) is 4.79 Å². The molecule has 1 aromatic heterocycles. The molecule has 1 N–H and O–H groups in total. The Morgan fingerprint density at radius 1 is 1.00 bits per heavy atom. The summed E-state index contributed by atoms with van der Waals surface area (Å²) >= 11 is 25.0. The summed E-state index contributed by atoms with van der Waals surface area (Å²) in [4.78, 5) is 12.6. The number of nitrogens with zero attached hydrogens (tertiary/aromatic N) is 2. The molecule has 0 fully saturated rings. The molecular weight excluding hydrogens is 576 g/mol. The maximum atomic E-state index is 12.6. The van der Waals surface area contributed by atoms with E-state index in [0.717, 1.165) is 22.4 Å². The van der Waals surface area contributed by atoms with Gasteiger partial charge in [0.05, 0.1) is 6.61 Å². The first-order valence-electron chi connectivity index (χ1n) is 11.2. The molecule has 0 saturated heterocycles. The van der Waals surface area contributed by atoms with Crippen LogP contribution in [0.1, 0.15) is 22.8 Å². The minimum atomic E-state index is -0.400. The number of carbonyl (C=O) groups is 1. The molecule has 4 rings (SSSR count). The number of para-hydroxylation sites is 1. The molecule has 194 valence electrons. The van der Waals surface area contributed by atoms with Crippen molar-refractivity contribution in [2.45, 2.75) is 32.7 Å². The van der Waals surface area contributed by atoms with Crippen molar-refractivity contribution in [2.75, 3.05) is 5.32 Å². The molecule has 0 spiro atoms. The van der Waals surface area contributed by atoms with Gasteiger partial charge in [-0.1, -0.05) is 76.7 Å². The van der Waals surface area contributed by atoms with E-state index >= 15 is 0 Å². The predicted octanol–water partition coefficient (Wildman–Crippen LogP) is 4.30. The van der Waals surface area contributed by atoms with E-state index in [2.05, 4.69) is 5.32 Å². The van der Waals surface area contributed by atoms with Crippen LogP contribution in [0.15, 0.2) is 79.4 Å².